The number of anilines is 1. The molecule has 2 aromatic rings. The van der Waals surface area contributed by atoms with Crippen LogP contribution in [0.3, 0.4) is 0 Å². The van der Waals surface area contributed by atoms with Gasteiger partial charge < -0.3 is 10.6 Å². The van der Waals surface area contributed by atoms with Gasteiger partial charge in [-0.2, -0.15) is 0 Å². The fourth-order valence-electron chi connectivity index (χ4n) is 2.51. The zero-order chi connectivity index (χ0) is 17.3. The average Bonchev–Trinajstić information content (AvgIpc) is 2.79. The minimum Gasteiger partial charge on any atom is -0.379 e. The Kier molecular flexibility index (Phi) is 4.59. The molecule has 3 rings (SSSR count). The summed E-state index contributed by atoms with van der Waals surface area (Å²) in [5.41, 5.74) is 8.21. The van der Waals surface area contributed by atoms with E-state index in [0.717, 1.165) is 11.1 Å². The summed E-state index contributed by atoms with van der Waals surface area (Å²) in [7, 11) is 0. The van der Waals surface area contributed by atoms with Crippen LogP contribution in [-0.2, 0) is 17.1 Å². The van der Waals surface area contributed by atoms with Crippen molar-refractivity contribution in [2.24, 2.45) is 5.73 Å². The van der Waals surface area contributed by atoms with Crippen molar-refractivity contribution in [2.75, 3.05) is 4.90 Å². The lowest BCUT2D eigenvalue weighted by atomic mass is 10.1. The number of ketones is 1. The van der Waals surface area contributed by atoms with Crippen LogP contribution >= 0.6 is 23.4 Å². The number of halogens is 1. The molecule has 0 saturated heterocycles. The lowest BCUT2D eigenvalue weighted by Crippen LogP contribution is -2.29. The van der Waals surface area contributed by atoms with Crippen molar-refractivity contribution in [1.29, 1.82) is 5.41 Å². The van der Waals surface area contributed by atoms with E-state index in [1.54, 1.807) is 12.1 Å². The second-order valence-electron chi connectivity index (χ2n) is 5.35. The third kappa shape index (κ3) is 3.29. The van der Waals surface area contributed by atoms with Gasteiger partial charge in [-0.25, -0.2) is 0 Å². The van der Waals surface area contributed by atoms with Crippen molar-refractivity contribution in [3.8, 4) is 0 Å². The molecule has 0 unspecified atom stereocenters. The SMILES string of the molecule is N=C(N)SCc1ccc(CN2C(=O)C(=O)c3cc(Cl)ccc32)cc1. The number of nitrogens with one attached hydrogen (secondary N) is 1. The highest BCUT2D eigenvalue weighted by Gasteiger charge is 2.35. The number of carbonyl (C=O) groups is 2. The van der Waals surface area contributed by atoms with E-state index in [9.17, 15) is 9.59 Å². The van der Waals surface area contributed by atoms with Gasteiger partial charge in [0.25, 0.3) is 11.7 Å². The van der Waals surface area contributed by atoms with Crippen molar-refractivity contribution in [3.63, 3.8) is 0 Å². The quantitative estimate of drug-likeness (QED) is 0.498. The maximum atomic E-state index is 12.2. The summed E-state index contributed by atoms with van der Waals surface area (Å²) in [6.07, 6.45) is 0. The Morgan fingerprint density at radius 3 is 2.46 bits per heavy atom. The fourth-order valence-corrected chi connectivity index (χ4v) is 3.20. The number of hydrogen-bond donors (Lipinski definition) is 2. The highest BCUT2D eigenvalue weighted by atomic mass is 35.5. The number of nitrogens with zero attached hydrogens (tertiary/aromatic N) is 1. The van der Waals surface area contributed by atoms with Crippen LogP contribution in [0.15, 0.2) is 42.5 Å². The summed E-state index contributed by atoms with van der Waals surface area (Å²) in [6.45, 7) is 0.319. The number of carbonyl (C=O) groups excluding carboxylic acids is 2. The van der Waals surface area contributed by atoms with Gasteiger partial charge in [-0.1, -0.05) is 47.6 Å². The summed E-state index contributed by atoms with van der Waals surface area (Å²) in [6, 6.07) is 12.6. The van der Waals surface area contributed by atoms with Gasteiger partial charge in [-0.3, -0.25) is 15.0 Å². The molecule has 0 bridgehead atoms. The van der Waals surface area contributed by atoms with E-state index in [1.165, 1.54) is 22.7 Å². The Labute approximate surface area is 148 Å². The van der Waals surface area contributed by atoms with Crippen LogP contribution in [0.4, 0.5) is 5.69 Å². The fraction of sp³-hybridized carbons (Fsp3) is 0.118. The van der Waals surface area contributed by atoms with Crippen LogP contribution in [0.25, 0.3) is 0 Å². The smallest absolute Gasteiger partial charge is 0.299 e. The maximum absolute atomic E-state index is 12.2. The summed E-state index contributed by atoms with van der Waals surface area (Å²) in [4.78, 5) is 25.7. The molecule has 0 aromatic heterocycles. The maximum Gasteiger partial charge on any atom is 0.299 e. The lowest BCUT2D eigenvalue weighted by Gasteiger charge is -2.16. The van der Waals surface area contributed by atoms with Crippen molar-refractivity contribution in [3.05, 3.63) is 64.2 Å². The predicted molar refractivity (Wildman–Crippen MR) is 96.6 cm³/mol. The Morgan fingerprint density at radius 2 is 1.79 bits per heavy atom. The van der Waals surface area contributed by atoms with E-state index < -0.39 is 11.7 Å². The number of hydrogen-bond acceptors (Lipinski definition) is 4. The van der Waals surface area contributed by atoms with Crippen molar-refractivity contribution in [1.82, 2.24) is 0 Å². The Hall–Kier alpha value is -2.31. The molecule has 0 aliphatic carbocycles. The Morgan fingerprint density at radius 1 is 1.12 bits per heavy atom. The number of nitrogens with two attached hydrogens (primary N) is 1. The molecule has 122 valence electrons. The second kappa shape index (κ2) is 6.67. The van der Waals surface area contributed by atoms with Crippen molar-refractivity contribution >= 4 is 45.9 Å². The molecule has 5 nitrogen and oxygen atoms in total. The molecule has 24 heavy (non-hydrogen) atoms. The number of benzene rings is 2. The number of Topliss-reactive ketones (excluding diaryl/α,β-unsaturated/α-hetero) is 1. The molecule has 1 amide bonds. The standard InChI is InChI=1S/C17H14ClN3O2S/c18-12-5-6-14-13(7-12)15(22)16(23)21(14)8-10-1-3-11(4-2-10)9-24-17(19)20/h1-7H,8-9H2,(H3,19,20). The molecule has 1 aliphatic heterocycles. The van der Waals surface area contributed by atoms with Gasteiger partial charge in [0.05, 0.1) is 17.8 Å². The third-order valence-corrected chi connectivity index (χ3v) is 4.72. The van der Waals surface area contributed by atoms with Crippen LogP contribution in [0.1, 0.15) is 21.5 Å². The molecule has 2 aromatic carbocycles. The van der Waals surface area contributed by atoms with Gasteiger partial charge in [-0.05, 0) is 29.3 Å². The van der Waals surface area contributed by atoms with E-state index in [-0.39, 0.29) is 5.17 Å². The van der Waals surface area contributed by atoms with Crippen LogP contribution in [0.2, 0.25) is 5.02 Å². The molecule has 1 heterocycles. The molecule has 7 heteroatoms. The Balaban J connectivity index is 1.78. The molecular formula is C17H14ClN3O2S. The van der Waals surface area contributed by atoms with E-state index in [1.807, 2.05) is 24.3 Å². The van der Waals surface area contributed by atoms with Crippen molar-refractivity contribution in [2.45, 2.75) is 12.3 Å². The molecule has 0 saturated carbocycles. The molecule has 1 aliphatic rings. The first-order chi connectivity index (χ1) is 11.5. The first kappa shape index (κ1) is 16.5. The zero-order valence-electron chi connectivity index (χ0n) is 12.6. The minimum atomic E-state index is -0.538. The first-order valence-electron chi connectivity index (χ1n) is 7.16. The minimum absolute atomic E-state index is 0.0792. The zero-order valence-corrected chi connectivity index (χ0v) is 14.2. The van der Waals surface area contributed by atoms with Gasteiger partial charge in [0.15, 0.2) is 5.17 Å². The number of amides is 1. The lowest BCUT2D eigenvalue weighted by molar-refractivity contribution is -0.114. The molecular weight excluding hydrogens is 346 g/mol. The number of amidine groups is 1. The summed E-state index contributed by atoms with van der Waals surface area (Å²) in [5.74, 6) is -0.441. The predicted octanol–water partition coefficient (Wildman–Crippen LogP) is 3.20. The van der Waals surface area contributed by atoms with E-state index >= 15 is 0 Å². The monoisotopic (exact) mass is 359 g/mol. The summed E-state index contributed by atoms with van der Waals surface area (Å²) >= 11 is 7.16. The number of rotatable bonds is 4. The van der Waals surface area contributed by atoms with Crippen LogP contribution in [0, 0.1) is 5.41 Å². The highest BCUT2D eigenvalue weighted by Crippen LogP contribution is 2.32. The summed E-state index contributed by atoms with van der Waals surface area (Å²) < 4.78 is 0. The number of fused-ring (bicyclic) bond motifs is 1. The van der Waals surface area contributed by atoms with E-state index in [4.69, 9.17) is 22.7 Å². The average molecular weight is 360 g/mol. The van der Waals surface area contributed by atoms with E-state index in [2.05, 4.69) is 0 Å². The Bertz CT molecular complexity index is 836. The summed E-state index contributed by atoms with van der Waals surface area (Å²) in [5, 5.41) is 7.73. The third-order valence-electron chi connectivity index (χ3n) is 3.69. The normalized spacial score (nSPS) is 13.3. The highest BCUT2D eigenvalue weighted by molar-refractivity contribution is 8.13. The largest absolute Gasteiger partial charge is 0.379 e. The molecule has 0 atom stereocenters. The van der Waals surface area contributed by atoms with Crippen LogP contribution < -0.4 is 10.6 Å². The molecule has 0 spiro atoms. The van der Waals surface area contributed by atoms with Crippen LogP contribution in [0.5, 0.6) is 0 Å². The van der Waals surface area contributed by atoms with Gasteiger partial charge in [-0.15, -0.1) is 0 Å². The van der Waals surface area contributed by atoms with Gasteiger partial charge in [0.1, 0.15) is 0 Å². The van der Waals surface area contributed by atoms with Gasteiger partial charge in [0.2, 0.25) is 0 Å². The van der Waals surface area contributed by atoms with E-state index in [0.29, 0.717) is 28.6 Å². The molecule has 0 radical (unpaired) electrons. The number of thioether (sulfide) groups is 1. The van der Waals surface area contributed by atoms with Crippen LogP contribution in [-0.4, -0.2) is 16.9 Å². The topological polar surface area (TPSA) is 87.2 Å². The molecule has 0 fully saturated rings. The molecule has 3 N–H and O–H groups in total. The van der Waals surface area contributed by atoms with Gasteiger partial charge >= 0.3 is 0 Å². The second-order valence-corrected chi connectivity index (χ2v) is 6.80. The first-order valence-corrected chi connectivity index (χ1v) is 8.52. The van der Waals surface area contributed by atoms with Gasteiger partial charge in [0, 0.05) is 10.8 Å². The van der Waals surface area contributed by atoms with Crippen molar-refractivity contribution < 1.29 is 9.59 Å².